The summed E-state index contributed by atoms with van der Waals surface area (Å²) in [5, 5.41) is 1.43. The van der Waals surface area contributed by atoms with Crippen molar-refractivity contribution in [3.63, 3.8) is 0 Å². The van der Waals surface area contributed by atoms with E-state index >= 15 is 0 Å². The van der Waals surface area contributed by atoms with Gasteiger partial charge in [-0.25, -0.2) is 4.98 Å². The molecule has 2 heterocycles. The minimum atomic E-state index is 0.0463. The molecule has 1 saturated heterocycles. The number of nitrogen functional groups attached to an aromatic ring is 1. The van der Waals surface area contributed by atoms with Gasteiger partial charge in [-0.15, -0.1) is 0 Å². The van der Waals surface area contributed by atoms with Crippen LogP contribution in [-0.4, -0.2) is 61.2 Å². The number of fused-ring (bicyclic) bond motifs is 1. The van der Waals surface area contributed by atoms with Crippen LogP contribution in [0.25, 0.3) is 10.9 Å². The number of anilines is 2. The molecule has 8 nitrogen and oxygen atoms in total. The number of methoxy groups -OCH3 is 2. The van der Waals surface area contributed by atoms with Crippen LogP contribution < -0.4 is 20.1 Å². The highest BCUT2D eigenvalue weighted by Crippen LogP contribution is 2.49. The molecular formula is C24H26ClN5O3. The zero-order chi connectivity index (χ0) is 23.1. The van der Waals surface area contributed by atoms with Crippen molar-refractivity contribution in [1.82, 2.24) is 14.9 Å². The van der Waals surface area contributed by atoms with E-state index in [2.05, 4.69) is 9.88 Å². The van der Waals surface area contributed by atoms with E-state index in [-0.39, 0.29) is 17.7 Å². The Bertz CT molecular complexity index is 1210. The summed E-state index contributed by atoms with van der Waals surface area (Å²) in [5.41, 5.74) is 8.07. The lowest BCUT2D eigenvalue weighted by molar-refractivity contribution is -0.133. The van der Waals surface area contributed by atoms with Gasteiger partial charge >= 0.3 is 0 Å². The number of benzene rings is 2. The third kappa shape index (κ3) is 4.11. The van der Waals surface area contributed by atoms with Gasteiger partial charge in [0, 0.05) is 48.6 Å². The Morgan fingerprint density at radius 2 is 1.79 bits per heavy atom. The van der Waals surface area contributed by atoms with Gasteiger partial charge < -0.3 is 25.0 Å². The van der Waals surface area contributed by atoms with Crippen LogP contribution in [-0.2, 0) is 4.79 Å². The highest BCUT2D eigenvalue weighted by molar-refractivity contribution is 6.30. The van der Waals surface area contributed by atoms with Crippen LogP contribution in [0.1, 0.15) is 17.9 Å². The molecule has 5 rings (SSSR count). The molecule has 1 aliphatic carbocycles. The second-order valence-electron chi connectivity index (χ2n) is 8.45. The quantitative estimate of drug-likeness (QED) is 0.615. The zero-order valence-electron chi connectivity index (χ0n) is 18.6. The number of ether oxygens (including phenoxy) is 2. The van der Waals surface area contributed by atoms with Crippen molar-refractivity contribution in [2.45, 2.75) is 12.3 Å². The molecule has 33 heavy (non-hydrogen) atoms. The van der Waals surface area contributed by atoms with Crippen LogP contribution in [0.15, 0.2) is 36.4 Å². The minimum absolute atomic E-state index is 0.0463. The first-order valence-corrected chi connectivity index (χ1v) is 11.3. The van der Waals surface area contributed by atoms with Crippen molar-refractivity contribution in [3.05, 3.63) is 47.0 Å². The first-order chi connectivity index (χ1) is 16.0. The summed E-state index contributed by atoms with van der Waals surface area (Å²) in [4.78, 5) is 26.3. The minimum Gasteiger partial charge on any atom is -0.493 e. The fourth-order valence-corrected chi connectivity index (χ4v) is 4.74. The number of amides is 1. The van der Waals surface area contributed by atoms with E-state index in [0.29, 0.717) is 65.4 Å². The fraction of sp³-hybridized carbons (Fsp3) is 0.375. The number of nitrogens with two attached hydrogens (primary N) is 1. The molecule has 2 aromatic carbocycles. The van der Waals surface area contributed by atoms with Gasteiger partial charge in [-0.1, -0.05) is 23.7 Å². The van der Waals surface area contributed by atoms with E-state index in [1.54, 1.807) is 26.4 Å². The molecule has 0 spiro atoms. The molecule has 0 radical (unpaired) electrons. The SMILES string of the molecule is COc1cc2nc(N3CCN(C(=O)[C@@H]4C[C@H]4c4cccc(Cl)c4)CC3)nc(N)c2cc1OC. The molecule has 1 saturated carbocycles. The third-order valence-electron chi connectivity index (χ3n) is 6.48. The topological polar surface area (TPSA) is 93.8 Å². The van der Waals surface area contributed by atoms with Gasteiger partial charge in [-0.05, 0) is 36.1 Å². The van der Waals surface area contributed by atoms with Gasteiger partial charge in [-0.3, -0.25) is 4.79 Å². The second kappa shape index (κ2) is 8.59. The average Bonchev–Trinajstić information content (AvgIpc) is 3.64. The number of carbonyl (C=O) groups excluding carboxylic acids is 1. The third-order valence-corrected chi connectivity index (χ3v) is 6.71. The lowest BCUT2D eigenvalue weighted by Gasteiger charge is -2.35. The predicted octanol–water partition coefficient (Wildman–Crippen LogP) is 3.33. The van der Waals surface area contributed by atoms with Crippen LogP contribution in [0, 0.1) is 5.92 Å². The van der Waals surface area contributed by atoms with E-state index < -0.39 is 0 Å². The number of hydrogen-bond acceptors (Lipinski definition) is 7. The summed E-state index contributed by atoms with van der Waals surface area (Å²) in [6, 6.07) is 11.4. The normalized spacial score (nSPS) is 20.1. The highest BCUT2D eigenvalue weighted by atomic mass is 35.5. The smallest absolute Gasteiger partial charge is 0.228 e. The van der Waals surface area contributed by atoms with Gasteiger partial charge in [0.1, 0.15) is 5.82 Å². The van der Waals surface area contributed by atoms with Gasteiger partial charge in [0.2, 0.25) is 11.9 Å². The Morgan fingerprint density at radius 3 is 2.48 bits per heavy atom. The molecule has 2 aliphatic rings. The Hall–Kier alpha value is -3.26. The number of rotatable bonds is 5. The number of halogens is 1. The number of hydrogen-bond donors (Lipinski definition) is 1. The molecule has 9 heteroatoms. The Kier molecular flexibility index (Phi) is 5.62. The van der Waals surface area contributed by atoms with Crippen molar-refractivity contribution < 1.29 is 14.3 Å². The highest BCUT2D eigenvalue weighted by Gasteiger charge is 2.46. The van der Waals surface area contributed by atoms with E-state index in [4.69, 9.17) is 31.8 Å². The Labute approximate surface area is 197 Å². The lowest BCUT2D eigenvalue weighted by atomic mass is 10.1. The van der Waals surface area contributed by atoms with Crippen LogP contribution in [0.5, 0.6) is 11.5 Å². The molecular weight excluding hydrogens is 442 g/mol. The van der Waals surface area contributed by atoms with Gasteiger partial charge in [0.05, 0.1) is 19.7 Å². The van der Waals surface area contributed by atoms with E-state index in [9.17, 15) is 4.79 Å². The molecule has 3 aromatic rings. The lowest BCUT2D eigenvalue weighted by Crippen LogP contribution is -2.49. The molecule has 172 valence electrons. The van der Waals surface area contributed by atoms with Crippen LogP contribution in [0.4, 0.5) is 11.8 Å². The maximum Gasteiger partial charge on any atom is 0.228 e. The maximum absolute atomic E-state index is 13.0. The second-order valence-corrected chi connectivity index (χ2v) is 8.89. The summed E-state index contributed by atoms with van der Waals surface area (Å²) in [6.07, 6.45) is 0.884. The first-order valence-electron chi connectivity index (χ1n) is 11.0. The number of aromatic nitrogens is 2. The molecule has 0 bridgehead atoms. The molecule has 1 aliphatic heterocycles. The van der Waals surface area contributed by atoms with Crippen LogP contribution in [0.3, 0.4) is 0 Å². The molecule has 2 atom stereocenters. The van der Waals surface area contributed by atoms with Crippen molar-refractivity contribution >= 4 is 40.2 Å². The zero-order valence-corrected chi connectivity index (χ0v) is 19.4. The van der Waals surface area contributed by atoms with E-state index in [1.807, 2.05) is 29.2 Å². The van der Waals surface area contributed by atoms with Gasteiger partial charge in [0.25, 0.3) is 0 Å². The monoisotopic (exact) mass is 467 g/mol. The number of piperazine rings is 1. The van der Waals surface area contributed by atoms with E-state index in [1.165, 1.54) is 0 Å². The van der Waals surface area contributed by atoms with Crippen LogP contribution in [0.2, 0.25) is 5.02 Å². The summed E-state index contributed by atoms with van der Waals surface area (Å²) in [5.74, 6) is 2.64. The summed E-state index contributed by atoms with van der Waals surface area (Å²) in [6.45, 7) is 2.56. The molecule has 1 amide bonds. The summed E-state index contributed by atoms with van der Waals surface area (Å²) >= 11 is 6.11. The number of carbonyl (C=O) groups is 1. The van der Waals surface area contributed by atoms with Crippen molar-refractivity contribution in [3.8, 4) is 11.5 Å². The van der Waals surface area contributed by atoms with Crippen molar-refractivity contribution in [1.29, 1.82) is 0 Å². The summed E-state index contributed by atoms with van der Waals surface area (Å²) in [7, 11) is 3.16. The predicted molar refractivity (Wildman–Crippen MR) is 128 cm³/mol. The Balaban J connectivity index is 1.27. The van der Waals surface area contributed by atoms with Crippen molar-refractivity contribution in [2.75, 3.05) is 51.0 Å². The average molecular weight is 468 g/mol. The molecule has 2 fully saturated rings. The Morgan fingerprint density at radius 1 is 1.06 bits per heavy atom. The maximum atomic E-state index is 13.0. The number of nitrogens with zero attached hydrogens (tertiary/aromatic N) is 4. The first kappa shape index (κ1) is 21.6. The summed E-state index contributed by atoms with van der Waals surface area (Å²) < 4.78 is 10.7. The fourth-order valence-electron chi connectivity index (χ4n) is 4.54. The van der Waals surface area contributed by atoms with Gasteiger partial charge in [-0.2, -0.15) is 4.98 Å². The molecule has 0 unspecified atom stereocenters. The van der Waals surface area contributed by atoms with Crippen molar-refractivity contribution in [2.24, 2.45) is 5.92 Å². The van der Waals surface area contributed by atoms with Crippen LogP contribution >= 0.6 is 11.6 Å². The standard InChI is InChI=1S/C24H26ClN5O3/c1-32-20-12-18-19(13-21(20)33-2)27-24(28-22(18)26)30-8-6-29(7-9-30)23(31)17-11-16(17)14-4-3-5-15(25)10-14/h3-5,10,12-13,16-17H,6-9,11H2,1-2H3,(H2,26,27,28)/t16-,17+/m0/s1. The molecule has 1 aromatic heterocycles. The van der Waals surface area contributed by atoms with Gasteiger partial charge in [0.15, 0.2) is 11.5 Å². The van der Waals surface area contributed by atoms with E-state index in [0.717, 1.165) is 12.0 Å². The largest absolute Gasteiger partial charge is 0.493 e. The molecule has 2 N–H and O–H groups in total.